The zero-order valence-electron chi connectivity index (χ0n) is 43.8. The fraction of sp³-hybridized carbons (Fsp3) is 0.111. The summed E-state index contributed by atoms with van der Waals surface area (Å²) in [5.41, 5.74) is -50.1. The van der Waals surface area contributed by atoms with Crippen LogP contribution in [0.3, 0.4) is 0 Å². The second-order valence-electron chi connectivity index (χ2n) is 18.9. The number of halogens is 37. The first-order chi connectivity index (χ1) is 43.0. The highest BCUT2D eigenvalue weighted by Crippen LogP contribution is 2.56. The third-order valence-corrected chi connectivity index (χ3v) is 13.0. The molecule has 0 heterocycles. The molecule has 0 saturated carbocycles. The standard InChI is InChI=1S/C54H12F37N3/c1-9-3-11(51(80,81)82)7-13(5-9)92(44-32(68)23(59)17(53(86,87)88)24(60)33(44)69)46-36(72)40(76)49(41(77)37(46)73)94(48-30(66)21(57)16(22(58)31(48)67)15-19(55)27(63)29(65)28(64)20(15)56)50-42(78)38(74)47(39(75)43(50)79)93(14-6-10(2)4-12(8-14)52(83,84)85)45-34(70)25(61)18(54(89,90)91)26(62)35(45)71/h3-8H,1-2H3. The Labute approximate surface area is 492 Å². The van der Waals surface area contributed by atoms with E-state index in [1.54, 1.807) is 0 Å². The van der Waals surface area contributed by atoms with Crippen molar-refractivity contribution in [3.8, 4) is 11.1 Å². The van der Waals surface area contributed by atoms with Crippen molar-refractivity contribution in [2.24, 2.45) is 0 Å². The Balaban J connectivity index is 1.60. The highest BCUT2D eigenvalue weighted by molar-refractivity contribution is 5.88. The average Bonchev–Trinajstić information content (AvgIpc) is 0.784. The first-order valence-electron chi connectivity index (χ1n) is 23.7. The Morgan fingerprint density at radius 1 is 0.202 bits per heavy atom. The lowest BCUT2D eigenvalue weighted by Gasteiger charge is -2.33. The van der Waals surface area contributed by atoms with Gasteiger partial charge in [-0.15, -0.1) is 0 Å². The average molecular weight is 1410 g/mol. The monoisotopic (exact) mass is 1410 g/mol. The summed E-state index contributed by atoms with van der Waals surface area (Å²) < 4.78 is 570. The Bertz CT molecular complexity index is 4150. The number of hydrogen-bond donors (Lipinski definition) is 0. The van der Waals surface area contributed by atoms with E-state index < -0.39 is 293 Å². The quantitative estimate of drug-likeness (QED) is 0.0768. The molecule has 0 radical (unpaired) electrons. The van der Waals surface area contributed by atoms with Gasteiger partial charge in [0, 0.05) is 11.4 Å². The molecule has 0 aliphatic carbocycles. The number of alkyl halides is 12. The maximum absolute atomic E-state index is 17.3. The van der Waals surface area contributed by atoms with Crippen LogP contribution in [0.25, 0.3) is 11.1 Å². The van der Waals surface area contributed by atoms with E-state index >= 15 is 96.6 Å². The lowest BCUT2D eigenvalue weighted by molar-refractivity contribution is -0.144. The van der Waals surface area contributed by atoms with Crippen molar-refractivity contribution in [1.29, 1.82) is 0 Å². The summed E-state index contributed by atoms with van der Waals surface area (Å²) in [7, 11) is 0. The van der Waals surface area contributed by atoms with Gasteiger partial charge in [0.25, 0.3) is 0 Å². The Kier molecular flexibility index (Phi) is 17.6. The fourth-order valence-electron chi connectivity index (χ4n) is 9.18. The van der Waals surface area contributed by atoms with Crippen LogP contribution in [-0.2, 0) is 24.7 Å². The molecule has 0 aliphatic rings. The highest BCUT2D eigenvalue weighted by atomic mass is 19.4. The summed E-state index contributed by atoms with van der Waals surface area (Å²) in [5, 5.41) is 0. The van der Waals surface area contributed by atoms with Gasteiger partial charge in [0.15, 0.2) is 140 Å². The van der Waals surface area contributed by atoms with Crippen LogP contribution < -0.4 is 14.7 Å². The number of benzene rings is 8. The maximum Gasteiger partial charge on any atom is 0.422 e. The summed E-state index contributed by atoms with van der Waals surface area (Å²) >= 11 is 0. The van der Waals surface area contributed by atoms with Gasteiger partial charge in [-0.3, -0.25) is 14.7 Å². The third kappa shape index (κ3) is 11.1. The van der Waals surface area contributed by atoms with Crippen LogP contribution in [0.4, 0.5) is 214 Å². The van der Waals surface area contributed by atoms with Gasteiger partial charge in [-0.1, -0.05) is 0 Å². The van der Waals surface area contributed by atoms with E-state index in [1.807, 2.05) is 0 Å². The number of aryl methyl sites for hydroxylation is 2. The summed E-state index contributed by atoms with van der Waals surface area (Å²) in [6.45, 7) is 0.898. The topological polar surface area (TPSA) is 9.72 Å². The fourth-order valence-corrected chi connectivity index (χ4v) is 9.18. The molecule has 94 heavy (non-hydrogen) atoms. The Hall–Kier alpha value is -9.43. The van der Waals surface area contributed by atoms with E-state index in [1.165, 1.54) is 0 Å². The summed E-state index contributed by atoms with van der Waals surface area (Å²) in [6.07, 6.45) is -25.0. The molecule has 0 fully saturated rings. The molecular formula is C54H12F37N3. The second-order valence-corrected chi connectivity index (χ2v) is 18.9. The molecule has 8 aromatic carbocycles. The van der Waals surface area contributed by atoms with Crippen molar-refractivity contribution in [2.45, 2.75) is 38.6 Å². The van der Waals surface area contributed by atoms with E-state index in [-0.39, 0.29) is 24.3 Å². The minimum absolute atomic E-state index is 0.0603. The molecule has 8 rings (SSSR count). The second kappa shape index (κ2) is 23.5. The van der Waals surface area contributed by atoms with Crippen molar-refractivity contribution in [3.63, 3.8) is 0 Å². The minimum atomic E-state index is -6.62. The van der Waals surface area contributed by atoms with Crippen molar-refractivity contribution in [2.75, 3.05) is 14.7 Å². The molecule has 0 atom stereocenters. The van der Waals surface area contributed by atoms with Crippen LogP contribution in [0.15, 0.2) is 36.4 Å². The maximum atomic E-state index is 17.3. The van der Waals surface area contributed by atoms with E-state index in [2.05, 4.69) is 0 Å². The first kappa shape index (κ1) is 70.4. The van der Waals surface area contributed by atoms with Gasteiger partial charge < -0.3 is 0 Å². The van der Waals surface area contributed by atoms with Crippen LogP contribution in [0, 0.1) is 159 Å². The highest BCUT2D eigenvalue weighted by Gasteiger charge is 2.50. The van der Waals surface area contributed by atoms with Crippen LogP contribution >= 0.6 is 0 Å². The van der Waals surface area contributed by atoms with Gasteiger partial charge in [-0.2, -0.15) is 52.7 Å². The lowest BCUT2D eigenvalue weighted by Crippen LogP contribution is -2.27. The normalized spacial score (nSPS) is 12.4. The molecule has 0 spiro atoms. The van der Waals surface area contributed by atoms with Crippen LogP contribution in [0.5, 0.6) is 0 Å². The summed E-state index contributed by atoms with van der Waals surface area (Å²) in [4.78, 5) is -5.53. The molecule has 0 aliphatic heterocycles. The van der Waals surface area contributed by atoms with Crippen LogP contribution in [0.1, 0.15) is 33.4 Å². The largest absolute Gasteiger partial charge is 0.422 e. The van der Waals surface area contributed by atoms with Crippen LogP contribution in [0.2, 0.25) is 0 Å². The zero-order chi connectivity index (χ0) is 71.2. The molecule has 0 unspecified atom stereocenters. The summed E-state index contributed by atoms with van der Waals surface area (Å²) in [5.74, 6) is -95.3. The van der Waals surface area contributed by atoms with E-state index in [9.17, 15) is 65.9 Å². The van der Waals surface area contributed by atoms with E-state index in [0.717, 1.165) is 0 Å². The molecule has 40 heteroatoms. The van der Waals surface area contributed by atoms with E-state index in [0.29, 0.717) is 13.8 Å². The SMILES string of the molecule is Cc1cc(N(c2c(F)c(F)c(N(c3c(F)c(F)c(-c4c(F)c(F)c(F)c(F)c4F)c(F)c3F)c3c(F)c(F)c(N(c4cc(C)cc(C(F)(F)F)c4)c4c(F)c(F)c(C(F)(F)F)c(F)c4F)c(F)c3F)c(F)c2F)c2c(F)c(F)c(C(F)(F)F)c(F)c2F)cc(C(F)(F)F)c1. The zero-order valence-corrected chi connectivity index (χ0v) is 43.8. The number of hydrogen-bond acceptors (Lipinski definition) is 3. The lowest BCUT2D eigenvalue weighted by atomic mass is 9.99. The molecule has 0 bridgehead atoms. The summed E-state index contributed by atoms with van der Waals surface area (Å²) in [6, 6.07) is -1.74. The van der Waals surface area contributed by atoms with Gasteiger partial charge in [0.05, 0.1) is 22.3 Å². The van der Waals surface area contributed by atoms with Gasteiger partial charge in [0.1, 0.15) is 50.9 Å². The Morgan fingerprint density at radius 3 is 0.596 bits per heavy atom. The molecular weight excluding hydrogens is 1390 g/mol. The van der Waals surface area contributed by atoms with Gasteiger partial charge in [0.2, 0.25) is 5.82 Å². The molecule has 502 valence electrons. The number of nitrogens with zero attached hydrogens (tertiary/aromatic N) is 3. The molecule has 0 saturated heterocycles. The number of anilines is 9. The third-order valence-electron chi connectivity index (χ3n) is 13.0. The first-order valence-corrected chi connectivity index (χ1v) is 23.7. The minimum Gasteiger partial charge on any atom is -0.300 e. The smallest absolute Gasteiger partial charge is 0.300 e. The van der Waals surface area contributed by atoms with Crippen molar-refractivity contribution in [3.05, 3.63) is 215 Å². The predicted molar refractivity (Wildman–Crippen MR) is 244 cm³/mol. The predicted octanol–water partition coefficient (Wildman–Crippen LogP) is 21.9. The van der Waals surface area contributed by atoms with Crippen LogP contribution in [-0.4, -0.2) is 0 Å². The van der Waals surface area contributed by atoms with Gasteiger partial charge in [-0.05, 0) is 61.4 Å². The molecule has 0 N–H and O–H groups in total. The van der Waals surface area contributed by atoms with Gasteiger partial charge in [-0.25, -0.2) is 110 Å². The van der Waals surface area contributed by atoms with Gasteiger partial charge >= 0.3 is 24.7 Å². The molecule has 0 amide bonds. The number of rotatable bonds is 10. The van der Waals surface area contributed by atoms with Crippen molar-refractivity contribution < 1.29 is 162 Å². The molecule has 8 aromatic rings. The van der Waals surface area contributed by atoms with E-state index in [4.69, 9.17) is 0 Å². The molecule has 0 aromatic heterocycles. The van der Waals surface area contributed by atoms with Crippen molar-refractivity contribution >= 4 is 51.2 Å². The Morgan fingerprint density at radius 2 is 0.383 bits per heavy atom. The van der Waals surface area contributed by atoms with Crippen molar-refractivity contribution in [1.82, 2.24) is 0 Å². The molecule has 3 nitrogen and oxygen atoms in total.